The first-order valence-electron chi connectivity index (χ1n) is 12.9. The minimum absolute atomic E-state index is 0.0909. The lowest BCUT2D eigenvalue weighted by molar-refractivity contribution is -0.129. The van der Waals surface area contributed by atoms with Gasteiger partial charge in [-0.05, 0) is 82.7 Å². The largest absolute Gasteiger partial charge is 0.494 e. The normalized spacial score (nSPS) is 16.5. The number of carbonyl (C=O) groups excluding carboxylic acids is 1. The number of aryl methyl sites for hydroxylation is 1. The lowest BCUT2D eigenvalue weighted by Crippen LogP contribution is -2.42. The number of likely N-dealkylation sites (tertiary alicyclic amines) is 1. The van der Waals surface area contributed by atoms with E-state index in [1.54, 1.807) is 12.3 Å². The summed E-state index contributed by atoms with van der Waals surface area (Å²) in [6.45, 7) is 12.2. The van der Waals surface area contributed by atoms with Gasteiger partial charge in [-0.3, -0.25) is 4.79 Å². The van der Waals surface area contributed by atoms with Crippen molar-refractivity contribution in [2.75, 3.05) is 19.8 Å². The van der Waals surface area contributed by atoms with Crippen LogP contribution in [-0.4, -0.2) is 36.6 Å². The van der Waals surface area contributed by atoms with E-state index >= 15 is 0 Å². The second kappa shape index (κ2) is 11.0. The molecule has 0 saturated carbocycles. The highest BCUT2D eigenvalue weighted by Gasteiger charge is 2.25. The predicted octanol–water partition coefficient (Wildman–Crippen LogP) is 7.40. The highest BCUT2D eigenvalue weighted by molar-refractivity contribution is 6.01. The van der Waals surface area contributed by atoms with Gasteiger partial charge in [-0.25, -0.2) is 0 Å². The summed E-state index contributed by atoms with van der Waals surface area (Å²) < 4.78 is 17.7. The summed E-state index contributed by atoms with van der Waals surface area (Å²) in [7, 11) is 0. The molecule has 1 fully saturated rings. The van der Waals surface area contributed by atoms with Crippen molar-refractivity contribution in [1.29, 1.82) is 0 Å². The smallest absolute Gasteiger partial charge is 0.247 e. The number of hydrogen-bond donors (Lipinski definition) is 0. The standard InChI is InChI=1S/C30H37NO4/c1-6-23-11-9-10-16-31(23)28(32)17-20(4)25-18-26-27(22-12-14-24(15-13-22)33-7-2)19-35-30(26)21(5)29(25)34-8-3/h12-15,17-19,23H,6-11,16H2,1-5H3/b20-17+. The molecule has 1 atom stereocenters. The molecule has 2 heterocycles. The molecule has 3 aromatic rings. The average Bonchev–Trinajstić information content (AvgIpc) is 3.30. The van der Waals surface area contributed by atoms with E-state index in [4.69, 9.17) is 13.9 Å². The number of ether oxygens (including phenoxy) is 2. The molecule has 35 heavy (non-hydrogen) atoms. The van der Waals surface area contributed by atoms with Gasteiger partial charge >= 0.3 is 0 Å². The zero-order valence-electron chi connectivity index (χ0n) is 21.6. The molecule has 1 aliphatic heterocycles. The molecule has 1 amide bonds. The van der Waals surface area contributed by atoms with E-state index in [0.29, 0.717) is 19.3 Å². The summed E-state index contributed by atoms with van der Waals surface area (Å²) in [4.78, 5) is 15.3. The molecule has 0 N–H and O–H groups in total. The summed E-state index contributed by atoms with van der Waals surface area (Å²) in [6, 6.07) is 10.5. The van der Waals surface area contributed by atoms with Crippen LogP contribution in [-0.2, 0) is 4.79 Å². The zero-order valence-corrected chi connectivity index (χ0v) is 21.6. The maximum atomic E-state index is 13.3. The Kier molecular flexibility index (Phi) is 7.84. The molecular weight excluding hydrogens is 438 g/mol. The number of amides is 1. The van der Waals surface area contributed by atoms with Crippen molar-refractivity contribution >= 4 is 22.4 Å². The number of allylic oxidation sites excluding steroid dienone is 1. The third-order valence-electron chi connectivity index (χ3n) is 6.96. The van der Waals surface area contributed by atoms with Gasteiger partial charge in [0.25, 0.3) is 0 Å². The first-order valence-corrected chi connectivity index (χ1v) is 12.9. The quantitative estimate of drug-likeness (QED) is 0.319. The van der Waals surface area contributed by atoms with E-state index in [2.05, 4.69) is 13.0 Å². The Morgan fingerprint density at radius 3 is 2.54 bits per heavy atom. The number of furan rings is 1. The fraction of sp³-hybridized carbons (Fsp3) is 0.433. The molecule has 186 valence electrons. The van der Waals surface area contributed by atoms with Crippen molar-refractivity contribution in [3.63, 3.8) is 0 Å². The van der Waals surface area contributed by atoms with E-state index in [9.17, 15) is 4.79 Å². The van der Waals surface area contributed by atoms with Gasteiger partial charge in [-0.1, -0.05) is 19.1 Å². The molecule has 1 aliphatic rings. The number of rotatable bonds is 8. The van der Waals surface area contributed by atoms with E-state index in [0.717, 1.165) is 76.1 Å². The lowest BCUT2D eigenvalue weighted by Gasteiger charge is -2.34. The highest BCUT2D eigenvalue weighted by Crippen LogP contribution is 2.41. The molecule has 1 saturated heterocycles. The number of carbonyl (C=O) groups is 1. The number of piperidine rings is 1. The summed E-state index contributed by atoms with van der Waals surface area (Å²) in [5.41, 5.74) is 5.66. The summed E-state index contributed by atoms with van der Waals surface area (Å²) in [5, 5.41) is 1.01. The zero-order chi connectivity index (χ0) is 24.9. The molecule has 2 aromatic carbocycles. The van der Waals surface area contributed by atoms with Gasteiger partial charge in [-0.15, -0.1) is 0 Å². The number of nitrogens with zero attached hydrogens (tertiary/aromatic N) is 1. The highest BCUT2D eigenvalue weighted by atomic mass is 16.5. The fourth-order valence-corrected chi connectivity index (χ4v) is 5.12. The van der Waals surface area contributed by atoms with Crippen LogP contribution in [0.2, 0.25) is 0 Å². The Labute approximate surface area is 208 Å². The van der Waals surface area contributed by atoms with Gasteiger partial charge in [0.1, 0.15) is 17.1 Å². The van der Waals surface area contributed by atoms with Crippen LogP contribution in [0.25, 0.3) is 27.7 Å². The van der Waals surface area contributed by atoms with Crippen LogP contribution in [0.1, 0.15) is 64.5 Å². The molecular formula is C30H37NO4. The topological polar surface area (TPSA) is 51.9 Å². The first-order chi connectivity index (χ1) is 17.0. The van der Waals surface area contributed by atoms with E-state index in [1.165, 1.54) is 6.42 Å². The van der Waals surface area contributed by atoms with Crippen molar-refractivity contribution in [2.45, 2.75) is 66.3 Å². The molecule has 4 rings (SSSR count). The van der Waals surface area contributed by atoms with Crippen LogP contribution in [0.15, 0.2) is 47.1 Å². The Hall–Kier alpha value is -3.21. The third-order valence-corrected chi connectivity index (χ3v) is 6.96. The van der Waals surface area contributed by atoms with Crippen molar-refractivity contribution in [3.8, 4) is 22.6 Å². The molecule has 1 unspecified atom stereocenters. The predicted molar refractivity (Wildman–Crippen MR) is 142 cm³/mol. The second-order valence-corrected chi connectivity index (χ2v) is 9.21. The van der Waals surface area contributed by atoms with Gasteiger partial charge in [-0.2, -0.15) is 0 Å². The Morgan fingerprint density at radius 1 is 1.11 bits per heavy atom. The number of hydrogen-bond acceptors (Lipinski definition) is 4. The Bertz CT molecular complexity index is 1210. The van der Waals surface area contributed by atoms with E-state index in [-0.39, 0.29) is 5.91 Å². The minimum Gasteiger partial charge on any atom is -0.494 e. The average molecular weight is 476 g/mol. The van der Waals surface area contributed by atoms with Crippen molar-refractivity contribution in [2.24, 2.45) is 0 Å². The number of benzene rings is 2. The van der Waals surface area contributed by atoms with Crippen molar-refractivity contribution in [1.82, 2.24) is 4.90 Å². The molecule has 5 nitrogen and oxygen atoms in total. The SMILES string of the molecule is CCOc1ccc(-c2coc3c(C)c(OCC)c(/C(C)=C/C(=O)N4CCCCC4CC)cc23)cc1. The van der Waals surface area contributed by atoms with Gasteiger partial charge < -0.3 is 18.8 Å². The summed E-state index contributed by atoms with van der Waals surface area (Å²) in [5.74, 6) is 1.72. The maximum Gasteiger partial charge on any atom is 0.247 e. The molecule has 1 aromatic heterocycles. The monoisotopic (exact) mass is 475 g/mol. The van der Waals surface area contributed by atoms with Crippen LogP contribution in [0.5, 0.6) is 11.5 Å². The van der Waals surface area contributed by atoms with Gasteiger partial charge in [0.05, 0.1) is 19.5 Å². The Morgan fingerprint density at radius 2 is 1.86 bits per heavy atom. The Balaban J connectivity index is 1.77. The maximum absolute atomic E-state index is 13.3. The van der Waals surface area contributed by atoms with Crippen LogP contribution in [0.4, 0.5) is 0 Å². The third kappa shape index (κ3) is 5.09. The van der Waals surface area contributed by atoms with Gasteiger partial charge in [0.15, 0.2) is 0 Å². The first kappa shape index (κ1) is 24.9. The molecule has 5 heteroatoms. The van der Waals surface area contributed by atoms with E-state index < -0.39 is 0 Å². The van der Waals surface area contributed by atoms with Crippen LogP contribution >= 0.6 is 0 Å². The van der Waals surface area contributed by atoms with Crippen molar-refractivity contribution in [3.05, 3.63) is 53.8 Å². The van der Waals surface area contributed by atoms with Gasteiger partial charge in [0.2, 0.25) is 5.91 Å². The van der Waals surface area contributed by atoms with Gasteiger partial charge in [0, 0.05) is 40.7 Å². The lowest BCUT2D eigenvalue weighted by atomic mass is 9.95. The van der Waals surface area contributed by atoms with Crippen molar-refractivity contribution < 1.29 is 18.7 Å². The van der Waals surface area contributed by atoms with E-state index in [1.807, 2.05) is 56.9 Å². The summed E-state index contributed by atoms with van der Waals surface area (Å²) in [6.07, 6.45) is 7.94. The molecule has 0 radical (unpaired) electrons. The van der Waals surface area contributed by atoms with Crippen LogP contribution < -0.4 is 9.47 Å². The summed E-state index contributed by atoms with van der Waals surface area (Å²) >= 11 is 0. The second-order valence-electron chi connectivity index (χ2n) is 9.21. The van der Waals surface area contributed by atoms with Crippen LogP contribution in [0.3, 0.4) is 0 Å². The fourth-order valence-electron chi connectivity index (χ4n) is 5.12. The van der Waals surface area contributed by atoms with Crippen LogP contribution in [0, 0.1) is 6.92 Å². The minimum atomic E-state index is 0.0909. The molecule has 0 bridgehead atoms. The molecule has 0 aliphatic carbocycles. The number of fused-ring (bicyclic) bond motifs is 1. The molecule has 0 spiro atoms.